The maximum atomic E-state index is 12.9. The van der Waals surface area contributed by atoms with E-state index in [2.05, 4.69) is 83.4 Å². The Bertz CT molecular complexity index is 1130. The average molecular weight is 576 g/mol. The Kier molecular flexibility index (Phi) is 12.9. The van der Waals surface area contributed by atoms with E-state index in [0.29, 0.717) is 19.5 Å². The smallest absolute Gasteiger partial charge is 0.305 e. The summed E-state index contributed by atoms with van der Waals surface area (Å²) in [5, 5.41) is 14.9. The molecule has 1 atom stereocenters. The molecular weight excluding hydrogens is 534 g/mol. The summed E-state index contributed by atoms with van der Waals surface area (Å²) in [6.07, 6.45) is 2.27. The number of unbranched alkanes of at least 4 members (excludes halogenated alkanes) is 2. The third-order valence-electron chi connectivity index (χ3n) is 7.10. The number of carbonyl (C=O) groups is 3. The Hall–Kier alpha value is -3.62. The van der Waals surface area contributed by atoms with Gasteiger partial charge < -0.3 is 20.6 Å². The van der Waals surface area contributed by atoms with Crippen molar-refractivity contribution in [1.29, 1.82) is 0 Å². The maximum Gasteiger partial charge on any atom is 0.305 e. The van der Waals surface area contributed by atoms with Crippen LogP contribution in [0, 0.1) is 0 Å². The van der Waals surface area contributed by atoms with Crippen molar-refractivity contribution < 1.29 is 19.5 Å². The number of rotatable bonds is 17. The van der Waals surface area contributed by atoms with Crippen molar-refractivity contribution >= 4 is 29.5 Å². The molecule has 0 radical (unpaired) electrons. The first-order valence-electron chi connectivity index (χ1n) is 14.1. The van der Waals surface area contributed by atoms with E-state index in [-0.39, 0.29) is 17.1 Å². The Labute approximate surface area is 247 Å². The molecule has 0 aliphatic carbocycles. The molecule has 0 fully saturated rings. The molecule has 3 rings (SSSR count). The average Bonchev–Trinajstić information content (AvgIpc) is 3.00. The van der Waals surface area contributed by atoms with Crippen LogP contribution in [0.1, 0.15) is 48.8 Å². The number of likely N-dealkylation sites (N-methyl/N-ethyl adjacent to an activating group) is 2. The molecule has 41 heavy (non-hydrogen) atoms. The Morgan fingerprint density at radius 1 is 0.805 bits per heavy atom. The van der Waals surface area contributed by atoms with E-state index < -0.39 is 24.3 Å². The zero-order chi connectivity index (χ0) is 29.5. The van der Waals surface area contributed by atoms with Gasteiger partial charge in [0.25, 0.3) is 0 Å². The zero-order valence-corrected chi connectivity index (χ0v) is 24.7. The molecule has 0 aromatic heterocycles. The van der Waals surface area contributed by atoms with Gasteiger partial charge in [0.15, 0.2) is 0 Å². The lowest BCUT2D eigenvalue weighted by Crippen LogP contribution is -2.49. The van der Waals surface area contributed by atoms with Gasteiger partial charge in [-0.05, 0) is 42.3 Å². The van der Waals surface area contributed by atoms with Crippen LogP contribution in [0.5, 0.6) is 0 Å². The number of nitrogens with zero attached hydrogens (tertiary/aromatic N) is 1. The molecule has 2 amide bonds. The van der Waals surface area contributed by atoms with Crippen LogP contribution in [0.15, 0.2) is 91.0 Å². The van der Waals surface area contributed by atoms with E-state index in [1.54, 1.807) is 7.05 Å². The topological polar surface area (TPSA) is 98.7 Å². The number of thioether (sulfide) groups is 1. The first-order valence-corrected chi connectivity index (χ1v) is 15.1. The van der Waals surface area contributed by atoms with Gasteiger partial charge in [0.2, 0.25) is 11.8 Å². The lowest BCUT2D eigenvalue weighted by Gasteiger charge is -2.35. The minimum Gasteiger partial charge on any atom is -0.481 e. The van der Waals surface area contributed by atoms with Crippen molar-refractivity contribution in [2.24, 2.45) is 0 Å². The molecule has 0 saturated carbocycles. The van der Waals surface area contributed by atoms with E-state index in [1.807, 2.05) is 30.0 Å². The molecule has 218 valence electrons. The van der Waals surface area contributed by atoms with Crippen molar-refractivity contribution in [3.8, 4) is 0 Å². The van der Waals surface area contributed by atoms with Crippen LogP contribution in [0.2, 0.25) is 0 Å². The van der Waals surface area contributed by atoms with Crippen LogP contribution in [-0.4, -0.2) is 66.8 Å². The second kappa shape index (κ2) is 16.6. The minimum absolute atomic E-state index is 0.222. The SMILES string of the molecule is CNCCNC(=O)[C@H](CC(=O)O)N(C)C(=O)CCCCCSC(c1ccccc1)(c1ccccc1)c1ccccc1. The summed E-state index contributed by atoms with van der Waals surface area (Å²) >= 11 is 1.90. The first-order chi connectivity index (χ1) is 19.9. The van der Waals surface area contributed by atoms with E-state index in [0.717, 1.165) is 18.6 Å². The summed E-state index contributed by atoms with van der Waals surface area (Å²) in [5.74, 6) is -0.902. The molecule has 0 heterocycles. The number of carboxylic acids is 1. The number of amides is 2. The van der Waals surface area contributed by atoms with Gasteiger partial charge in [-0.3, -0.25) is 14.4 Å². The Morgan fingerprint density at radius 3 is 1.78 bits per heavy atom. The summed E-state index contributed by atoms with van der Waals surface area (Å²) < 4.78 is -0.371. The molecule has 3 aromatic rings. The molecule has 8 heteroatoms. The largest absolute Gasteiger partial charge is 0.481 e. The molecule has 0 aliphatic rings. The zero-order valence-electron chi connectivity index (χ0n) is 23.9. The molecule has 3 aromatic carbocycles. The fraction of sp³-hybridized carbons (Fsp3) is 0.364. The summed E-state index contributed by atoms with van der Waals surface area (Å²) in [4.78, 5) is 38.1. The lowest BCUT2D eigenvalue weighted by molar-refractivity contribution is -0.145. The van der Waals surface area contributed by atoms with Gasteiger partial charge in [-0.1, -0.05) is 97.4 Å². The monoisotopic (exact) mass is 575 g/mol. The highest BCUT2D eigenvalue weighted by atomic mass is 32.2. The van der Waals surface area contributed by atoms with Crippen LogP contribution in [0.3, 0.4) is 0 Å². The van der Waals surface area contributed by atoms with Crippen molar-refractivity contribution in [3.63, 3.8) is 0 Å². The standard InChI is InChI=1S/C33H41N3O4S/c1-34-22-23-35-32(40)29(25-31(38)39)36(2)30(37)21-13-6-14-24-41-33(26-15-7-3-8-16-26,27-17-9-4-10-18-27)28-19-11-5-12-20-28/h3-5,7-12,15-20,29,34H,6,13-14,21-25H2,1-2H3,(H,35,40)(H,38,39)/t29-/m0/s1. The van der Waals surface area contributed by atoms with Crippen molar-refractivity contribution in [3.05, 3.63) is 108 Å². The summed E-state index contributed by atoms with van der Waals surface area (Å²) in [7, 11) is 3.28. The normalized spacial score (nSPS) is 12.0. The van der Waals surface area contributed by atoms with Gasteiger partial charge in [0.1, 0.15) is 6.04 Å². The minimum atomic E-state index is -1.12. The van der Waals surface area contributed by atoms with E-state index in [1.165, 1.54) is 28.6 Å². The van der Waals surface area contributed by atoms with Crippen LogP contribution >= 0.6 is 11.8 Å². The van der Waals surface area contributed by atoms with E-state index in [4.69, 9.17) is 0 Å². The van der Waals surface area contributed by atoms with Crippen LogP contribution in [0.4, 0.5) is 0 Å². The highest BCUT2D eigenvalue weighted by Crippen LogP contribution is 2.48. The highest BCUT2D eigenvalue weighted by molar-refractivity contribution is 8.00. The van der Waals surface area contributed by atoms with Crippen molar-refractivity contribution in [1.82, 2.24) is 15.5 Å². The third-order valence-corrected chi connectivity index (χ3v) is 8.73. The number of nitrogens with one attached hydrogen (secondary N) is 2. The van der Waals surface area contributed by atoms with Crippen LogP contribution < -0.4 is 10.6 Å². The fourth-order valence-electron chi connectivity index (χ4n) is 4.90. The molecular formula is C33H41N3O4S. The molecule has 0 bridgehead atoms. The maximum absolute atomic E-state index is 12.9. The Morgan fingerprint density at radius 2 is 1.32 bits per heavy atom. The number of carboxylic acid groups (broad SMARTS) is 1. The molecule has 0 spiro atoms. The highest BCUT2D eigenvalue weighted by Gasteiger charge is 2.36. The summed E-state index contributed by atoms with van der Waals surface area (Å²) in [6, 6.07) is 30.7. The molecule has 0 saturated heterocycles. The van der Waals surface area contributed by atoms with Crippen LogP contribution in [-0.2, 0) is 19.1 Å². The number of hydrogen-bond acceptors (Lipinski definition) is 5. The molecule has 0 unspecified atom stereocenters. The van der Waals surface area contributed by atoms with E-state index in [9.17, 15) is 19.5 Å². The predicted molar refractivity (Wildman–Crippen MR) is 166 cm³/mol. The van der Waals surface area contributed by atoms with Gasteiger partial charge in [0, 0.05) is 26.6 Å². The van der Waals surface area contributed by atoms with Gasteiger partial charge >= 0.3 is 5.97 Å². The molecule has 3 N–H and O–H groups in total. The summed E-state index contributed by atoms with van der Waals surface area (Å²) in [6.45, 7) is 0.920. The van der Waals surface area contributed by atoms with Gasteiger partial charge in [0.05, 0.1) is 11.2 Å². The molecule has 7 nitrogen and oxygen atoms in total. The second-order valence-corrected chi connectivity index (χ2v) is 11.3. The fourth-order valence-corrected chi connectivity index (χ4v) is 6.46. The van der Waals surface area contributed by atoms with Gasteiger partial charge in [-0.15, -0.1) is 11.8 Å². The number of benzene rings is 3. The first kappa shape index (κ1) is 31.9. The number of hydrogen-bond donors (Lipinski definition) is 3. The van der Waals surface area contributed by atoms with Gasteiger partial charge in [-0.2, -0.15) is 0 Å². The van der Waals surface area contributed by atoms with Crippen molar-refractivity contribution in [2.75, 3.05) is 32.9 Å². The predicted octanol–water partition coefficient (Wildman–Crippen LogP) is 4.91. The quantitative estimate of drug-likeness (QED) is 0.156. The third kappa shape index (κ3) is 8.93. The van der Waals surface area contributed by atoms with Crippen molar-refractivity contribution in [2.45, 2.75) is 42.9 Å². The Balaban J connectivity index is 1.63. The lowest BCUT2D eigenvalue weighted by atomic mass is 9.84. The number of aliphatic carboxylic acids is 1. The second-order valence-electron chi connectivity index (χ2n) is 9.95. The number of carbonyl (C=O) groups excluding carboxylic acids is 2. The van der Waals surface area contributed by atoms with Crippen LogP contribution in [0.25, 0.3) is 0 Å². The van der Waals surface area contributed by atoms with E-state index >= 15 is 0 Å². The molecule has 0 aliphatic heterocycles. The van der Waals surface area contributed by atoms with Gasteiger partial charge in [-0.25, -0.2) is 0 Å². The summed E-state index contributed by atoms with van der Waals surface area (Å²) in [5.41, 5.74) is 3.66.